The van der Waals surface area contributed by atoms with E-state index in [0.717, 1.165) is 33.7 Å². The van der Waals surface area contributed by atoms with Crippen molar-refractivity contribution >= 4 is 16.9 Å². The van der Waals surface area contributed by atoms with Crippen LogP contribution in [-0.4, -0.2) is 49.2 Å². The molecule has 4 heterocycles. The van der Waals surface area contributed by atoms with Crippen LogP contribution >= 0.6 is 0 Å². The molecule has 1 aliphatic rings. The second-order valence-electron chi connectivity index (χ2n) is 7.17. The number of rotatable bonds is 3. The number of aromatic nitrogens is 5. The monoisotopic (exact) mass is 388 g/mol. The number of hydrogen-bond donors (Lipinski definition) is 1. The Hall–Kier alpha value is -3.68. The highest BCUT2D eigenvalue weighted by Gasteiger charge is 2.32. The van der Waals surface area contributed by atoms with Gasteiger partial charge in [-0.2, -0.15) is 5.10 Å². The molecule has 146 valence electrons. The van der Waals surface area contributed by atoms with E-state index in [9.17, 15) is 4.79 Å². The van der Waals surface area contributed by atoms with Crippen molar-refractivity contribution in [1.82, 2.24) is 29.6 Å². The number of amides is 1. The molecule has 0 aliphatic carbocycles. The first-order valence-corrected chi connectivity index (χ1v) is 9.37. The fourth-order valence-electron chi connectivity index (χ4n) is 3.90. The minimum Gasteiger partial charge on any atom is -0.497 e. The first kappa shape index (κ1) is 17.4. The molecule has 5 rings (SSSR count). The molecule has 0 saturated carbocycles. The largest absolute Gasteiger partial charge is 0.497 e. The number of H-pyrrole nitrogens is 1. The van der Waals surface area contributed by atoms with Crippen LogP contribution in [0.15, 0.2) is 49.1 Å². The number of hydrogen-bond acceptors (Lipinski definition) is 5. The lowest BCUT2D eigenvalue weighted by atomic mass is 9.90. The number of fused-ring (bicyclic) bond motifs is 2. The van der Waals surface area contributed by atoms with E-state index in [1.54, 1.807) is 30.5 Å². The standard InChI is InChI=1S/C21H20N6O2/c1-26-19-7-14(8-22-17(19)9-25-26)21(28)27-10-16(20-18(11-27)23-12-24-20)13-3-5-15(29-2)6-4-13/h3-9,12,16H,10-11H2,1-2H3,(H,23,24). The lowest BCUT2D eigenvalue weighted by molar-refractivity contribution is 0.0721. The number of carbonyl (C=O) groups is 1. The number of benzene rings is 1. The van der Waals surface area contributed by atoms with Crippen LogP contribution in [0, 0.1) is 0 Å². The van der Waals surface area contributed by atoms with Gasteiger partial charge in [0.25, 0.3) is 5.91 Å². The maximum absolute atomic E-state index is 13.3. The van der Waals surface area contributed by atoms with Crippen LogP contribution in [0.25, 0.3) is 11.0 Å². The predicted molar refractivity (Wildman–Crippen MR) is 107 cm³/mol. The third-order valence-corrected chi connectivity index (χ3v) is 5.49. The summed E-state index contributed by atoms with van der Waals surface area (Å²) in [5, 5.41) is 4.20. The van der Waals surface area contributed by atoms with Gasteiger partial charge in [0.1, 0.15) is 11.3 Å². The molecular weight excluding hydrogens is 368 g/mol. The van der Waals surface area contributed by atoms with E-state index >= 15 is 0 Å². The number of ether oxygens (including phenoxy) is 1. The zero-order valence-electron chi connectivity index (χ0n) is 16.2. The first-order valence-electron chi connectivity index (χ1n) is 9.37. The van der Waals surface area contributed by atoms with Gasteiger partial charge in [-0.05, 0) is 23.8 Å². The SMILES string of the molecule is COc1ccc(C2CN(C(=O)c3cnc4cnn(C)c4c3)Cc3[nH]cnc32)cc1. The lowest BCUT2D eigenvalue weighted by Crippen LogP contribution is -2.38. The summed E-state index contributed by atoms with van der Waals surface area (Å²) in [5.74, 6) is 0.739. The third-order valence-electron chi connectivity index (χ3n) is 5.49. The minimum absolute atomic E-state index is 0.00625. The van der Waals surface area contributed by atoms with Crippen molar-refractivity contribution in [2.75, 3.05) is 13.7 Å². The van der Waals surface area contributed by atoms with Crippen molar-refractivity contribution in [2.45, 2.75) is 12.5 Å². The normalized spacial score (nSPS) is 16.1. The van der Waals surface area contributed by atoms with Crippen molar-refractivity contribution in [3.63, 3.8) is 0 Å². The summed E-state index contributed by atoms with van der Waals surface area (Å²) in [6, 6.07) is 9.77. The average Bonchev–Trinajstić information content (AvgIpc) is 3.39. The van der Waals surface area contributed by atoms with E-state index in [2.05, 4.69) is 20.1 Å². The lowest BCUT2D eigenvalue weighted by Gasteiger charge is -2.32. The predicted octanol–water partition coefficient (Wildman–Crippen LogP) is 2.49. The molecule has 1 aromatic carbocycles. The summed E-state index contributed by atoms with van der Waals surface area (Å²) >= 11 is 0. The number of aromatic amines is 1. The van der Waals surface area contributed by atoms with Crippen LogP contribution in [0.1, 0.15) is 33.2 Å². The number of carbonyl (C=O) groups excluding carboxylic acids is 1. The molecule has 0 radical (unpaired) electrons. The Balaban J connectivity index is 1.48. The molecule has 4 aromatic rings. The van der Waals surface area contributed by atoms with Crippen LogP contribution in [0.4, 0.5) is 0 Å². The fraction of sp³-hybridized carbons (Fsp3) is 0.238. The van der Waals surface area contributed by atoms with Crippen molar-refractivity contribution in [1.29, 1.82) is 0 Å². The Kier molecular flexibility index (Phi) is 4.04. The van der Waals surface area contributed by atoms with Crippen LogP contribution in [0.2, 0.25) is 0 Å². The molecule has 0 bridgehead atoms. The molecule has 1 N–H and O–H groups in total. The zero-order chi connectivity index (χ0) is 20.0. The highest BCUT2D eigenvalue weighted by Crippen LogP contribution is 2.33. The molecule has 0 spiro atoms. The Morgan fingerprint density at radius 1 is 1.21 bits per heavy atom. The minimum atomic E-state index is -0.0561. The summed E-state index contributed by atoms with van der Waals surface area (Å²) in [5.41, 5.74) is 5.20. The van der Waals surface area contributed by atoms with Gasteiger partial charge in [-0.15, -0.1) is 0 Å². The maximum Gasteiger partial charge on any atom is 0.255 e. The van der Waals surface area contributed by atoms with Gasteiger partial charge >= 0.3 is 0 Å². The molecular formula is C21H20N6O2. The summed E-state index contributed by atoms with van der Waals surface area (Å²) in [6.45, 7) is 1.04. The van der Waals surface area contributed by atoms with Gasteiger partial charge in [0.2, 0.25) is 0 Å². The molecule has 8 heteroatoms. The van der Waals surface area contributed by atoms with E-state index in [1.165, 1.54) is 0 Å². The van der Waals surface area contributed by atoms with Crippen LogP contribution in [-0.2, 0) is 13.6 Å². The molecule has 1 atom stereocenters. The topological polar surface area (TPSA) is 88.9 Å². The smallest absolute Gasteiger partial charge is 0.255 e. The second-order valence-corrected chi connectivity index (χ2v) is 7.17. The van der Waals surface area contributed by atoms with E-state index in [1.807, 2.05) is 42.3 Å². The van der Waals surface area contributed by atoms with Gasteiger partial charge in [-0.1, -0.05) is 12.1 Å². The van der Waals surface area contributed by atoms with Gasteiger partial charge in [-0.3, -0.25) is 14.5 Å². The van der Waals surface area contributed by atoms with Crippen molar-refractivity contribution in [2.24, 2.45) is 7.05 Å². The van der Waals surface area contributed by atoms with Gasteiger partial charge < -0.3 is 14.6 Å². The first-order chi connectivity index (χ1) is 14.1. The van der Waals surface area contributed by atoms with Crippen molar-refractivity contribution in [3.8, 4) is 5.75 Å². The molecule has 0 saturated heterocycles. The molecule has 1 unspecified atom stereocenters. The van der Waals surface area contributed by atoms with Gasteiger partial charge in [-0.25, -0.2) is 4.98 Å². The highest BCUT2D eigenvalue weighted by molar-refractivity contribution is 5.96. The molecule has 1 aliphatic heterocycles. The molecule has 0 fully saturated rings. The van der Waals surface area contributed by atoms with E-state index in [0.29, 0.717) is 18.7 Å². The Morgan fingerprint density at radius 3 is 2.83 bits per heavy atom. The maximum atomic E-state index is 13.3. The quantitative estimate of drug-likeness (QED) is 0.582. The molecule has 29 heavy (non-hydrogen) atoms. The van der Waals surface area contributed by atoms with Crippen LogP contribution < -0.4 is 4.74 Å². The van der Waals surface area contributed by atoms with E-state index < -0.39 is 0 Å². The van der Waals surface area contributed by atoms with Crippen molar-refractivity contribution in [3.05, 3.63) is 71.6 Å². The Morgan fingerprint density at radius 2 is 2.03 bits per heavy atom. The van der Waals surface area contributed by atoms with Gasteiger partial charge in [0.05, 0.1) is 48.6 Å². The number of nitrogens with one attached hydrogen (secondary N) is 1. The molecule has 8 nitrogen and oxygen atoms in total. The molecule has 1 amide bonds. The summed E-state index contributed by atoms with van der Waals surface area (Å²) < 4.78 is 6.99. The van der Waals surface area contributed by atoms with Crippen molar-refractivity contribution < 1.29 is 9.53 Å². The van der Waals surface area contributed by atoms with Crippen LogP contribution in [0.3, 0.4) is 0 Å². The van der Waals surface area contributed by atoms with Gasteiger partial charge in [0, 0.05) is 25.7 Å². The number of nitrogens with zero attached hydrogens (tertiary/aromatic N) is 5. The van der Waals surface area contributed by atoms with E-state index in [-0.39, 0.29) is 11.8 Å². The number of methoxy groups -OCH3 is 1. The Bertz CT molecular complexity index is 1190. The van der Waals surface area contributed by atoms with E-state index in [4.69, 9.17) is 4.74 Å². The fourth-order valence-corrected chi connectivity index (χ4v) is 3.90. The van der Waals surface area contributed by atoms with Gasteiger partial charge in [0.15, 0.2) is 0 Å². The summed E-state index contributed by atoms with van der Waals surface area (Å²) in [7, 11) is 3.49. The second kappa shape index (κ2) is 6.73. The number of imidazole rings is 1. The Labute approximate surface area is 167 Å². The number of pyridine rings is 1. The summed E-state index contributed by atoms with van der Waals surface area (Å²) in [4.78, 5) is 27.2. The zero-order valence-corrected chi connectivity index (χ0v) is 16.2. The molecule has 3 aromatic heterocycles. The highest BCUT2D eigenvalue weighted by atomic mass is 16.5. The summed E-state index contributed by atoms with van der Waals surface area (Å²) in [6.07, 6.45) is 5.01. The number of aryl methyl sites for hydroxylation is 1. The average molecular weight is 388 g/mol. The van der Waals surface area contributed by atoms with Crippen LogP contribution in [0.5, 0.6) is 5.75 Å². The third kappa shape index (κ3) is 2.93.